The zero-order chi connectivity index (χ0) is 14.1. The molecule has 0 fully saturated rings. The Kier molecular flexibility index (Phi) is 6.07. The van der Waals surface area contributed by atoms with Crippen molar-refractivity contribution < 1.29 is 19.5 Å². The molecule has 1 rings (SSSR count). The molecule has 1 aromatic heterocycles. The molecule has 4 N–H and O–H groups in total. The zero-order valence-electron chi connectivity index (χ0n) is 10.3. The fraction of sp³-hybridized carbons (Fsp3) is 0.455. The van der Waals surface area contributed by atoms with Gasteiger partial charge in [-0.15, -0.1) is 0 Å². The molecule has 1 aromatic rings. The number of carboxylic acids is 1. The number of H-pyrrole nitrogens is 1. The summed E-state index contributed by atoms with van der Waals surface area (Å²) in [5.74, 6) is -1.81. The molecule has 0 aliphatic rings. The number of carboxylic acid groups (broad SMARTS) is 1. The van der Waals surface area contributed by atoms with Crippen LogP contribution in [0.2, 0.25) is 0 Å². The lowest BCUT2D eigenvalue weighted by Gasteiger charge is -2.04. The summed E-state index contributed by atoms with van der Waals surface area (Å²) in [5, 5.41) is 13.2. The number of nitrogens with one attached hydrogen (secondary N) is 3. The molecule has 104 valence electrons. The molecule has 0 spiro atoms. The minimum Gasteiger partial charge on any atom is -0.480 e. The number of aromatic nitrogens is 2. The number of rotatable bonds is 8. The Morgan fingerprint density at radius 1 is 1.21 bits per heavy atom. The Hall–Kier alpha value is -2.38. The van der Waals surface area contributed by atoms with Gasteiger partial charge in [-0.2, -0.15) is 0 Å². The van der Waals surface area contributed by atoms with E-state index < -0.39 is 18.4 Å². The summed E-state index contributed by atoms with van der Waals surface area (Å²) in [5.41, 5.74) is 0.916. The van der Waals surface area contributed by atoms with Crippen molar-refractivity contribution in [2.24, 2.45) is 0 Å². The predicted molar refractivity (Wildman–Crippen MR) is 65.2 cm³/mol. The van der Waals surface area contributed by atoms with Gasteiger partial charge in [-0.3, -0.25) is 14.4 Å². The average molecular weight is 268 g/mol. The predicted octanol–water partition coefficient (Wildman–Crippen LogP) is -0.951. The summed E-state index contributed by atoms with van der Waals surface area (Å²) in [6.45, 7) is 0.0258. The highest BCUT2D eigenvalue weighted by Gasteiger charge is 2.07. The van der Waals surface area contributed by atoms with E-state index in [-0.39, 0.29) is 18.7 Å². The molecule has 8 nitrogen and oxygen atoms in total. The first-order valence-corrected chi connectivity index (χ1v) is 5.80. The molecule has 0 radical (unpaired) electrons. The van der Waals surface area contributed by atoms with Gasteiger partial charge in [0.25, 0.3) is 0 Å². The van der Waals surface area contributed by atoms with Crippen LogP contribution in [0.4, 0.5) is 0 Å². The van der Waals surface area contributed by atoms with Gasteiger partial charge in [-0.25, -0.2) is 4.98 Å². The molecule has 0 atom stereocenters. The summed E-state index contributed by atoms with van der Waals surface area (Å²) in [7, 11) is 0. The van der Waals surface area contributed by atoms with Crippen LogP contribution in [-0.4, -0.2) is 45.9 Å². The lowest BCUT2D eigenvalue weighted by atomic mass is 10.2. The maximum absolute atomic E-state index is 11.4. The highest BCUT2D eigenvalue weighted by atomic mass is 16.4. The highest BCUT2D eigenvalue weighted by Crippen LogP contribution is 1.92. The third-order valence-electron chi connectivity index (χ3n) is 2.29. The third kappa shape index (κ3) is 6.81. The Morgan fingerprint density at radius 2 is 1.89 bits per heavy atom. The molecule has 1 heterocycles. The molecule has 8 heteroatoms. The van der Waals surface area contributed by atoms with Gasteiger partial charge in [-0.05, 0) is 0 Å². The lowest BCUT2D eigenvalue weighted by molar-refractivity contribution is -0.138. The van der Waals surface area contributed by atoms with Crippen molar-refractivity contribution >= 4 is 17.8 Å². The fourth-order valence-corrected chi connectivity index (χ4v) is 1.34. The van der Waals surface area contributed by atoms with Crippen molar-refractivity contribution in [2.75, 3.05) is 13.1 Å². The maximum atomic E-state index is 11.4. The summed E-state index contributed by atoms with van der Waals surface area (Å²) < 4.78 is 0. The second-order valence-electron chi connectivity index (χ2n) is 3.85. The molecule has 0 saturated heterocycles. The lowest BCUT2D eigenvalue weighted by Crippen LogP contribution is -2.31. The zero-order valence-corrected chi connectivity index (χ0v) is 10.3. The van der Waals surface area contributed by atoms with Crippen molar-refractivity contribution in [1.82, 2.24) is 20.6 Å². The van der Waals surface area contributed by atoms with Gasteiger partial charge in [0.15, 0.2) is 0 Å². The van der Waals surface area contributed by atoms with E-state index in [0.717, 1.165) is 5.69 Å². The van der Waals surface area contributed by atoms with Crippen molar-refractivity contribution in [1.29, 1.82) is 0 Å². The highest BCUT2D eigenvalue weighted by molar-refractivity contribution is 5.85. The quantitative estimate of drug-likeness (QED) is 0.484. The number of nitrogens with zero attached hydrogens (tertiary/aromatic N) is 1. The fourth-order valence-electron chi connectivity index (χ4n) is 1.34. The molecule has 0 saturated carbocycles. The van der Waals surface area contributed by atoms with Crippen LogP contribution in [0.15, 0.2) is 12.5 Å². The Morgan fingerprint density at radius 3 is 2.47 bits per heavy atom. The first kappa shape index (κ1) is 14.7. The monoisotopic (exact) mass is 268 g/mol. The van der Waals surface area contributed by atoms with E-state index in [9.17, 15) is 14.4 Å². The number of carbonyl (C=O) groups is 3. The minimum absolute atomic E-state index is 0.0246. The normalized spacial score (nSPS) is 9.89. The van der Waals surface area contributed by atoms with Crippen molar-refractivity contribution in [2.45, 2.75) is 19.3 Å². The van der Waals surface area contributed by atoms with Crippen LogP contribution in [-0.2, 0) is 20.8 Å². The smallest absolute Gasteiger partial charge is 0.322 e. The second-order valence-corrected chi connectivity index (χ2v) is 3.85. The van der Waals surface area contributed by atoms with E-state index in [1.807, 2.05) is 0 Å². The first-order chi connectivity index (χ1) is 9.08. The van der Waals surface area contributed by atoms with Gasteiger partial charge in [0, 0.05) is 37.7 Å². The van der Waals surface area contributed by atoms with Gasteiger partial charge < -0.3 is 20.7 Å². The summed E-state index contributed by atoms with van der Waals surface area (Å²) >= 11 is 0. The van der Waals surface area contributed by atoms with Crippen molar-refractivity contribution in [3.63, 3.8) is 0 Å². The Balaban J connectivity index is 2.07. The van der Waals surface area contributed by atoms with E-state index >= 15 is 0 Å². The van der Waals surface area contributed by atoms with Crippen LogP contribution in [0.3, 0.4) is 0 Å². The first-order valence-electron chi connectivity index (χ1n) is 5.80. The largest absolute Gasteiger partial charge is 0.480 e. The maximum Gasteiger partial charge on any atom is 0.322 e. The Bertz CT molecular complexity index is 430. The number of hydrogen-bond donors (Lipinski definition) is 4. The van der Waals surface area contributed by atoms with Crippen LogP contribution in [0.25, 0.3) is 0 Å². The standard InChI is InChI=1S/C11H16N4O4/c16-9(1-2-10(17)14-6-11(18)19)13-4-3-8-5-12-7-15-8/h5,7H,1-4,6H2,(H,12,15)(H,13,16)(H,14,17)(H,18,19). The summed E-state index contributed by atoms with van der Waals surface area (Å²) in [6.07, 6.45) is 3.88. The minimum atomic E-state index is -1.11. The van der Waals surface area contributed by atoms with E-state index in [4.69, 9.17) is 5.11 Å². The van der Waals surface area contributed by atoms with Crippen molar-refractivity contribution in [3.8, 4) is 0 Å². The van der Waals surface area contributed by atoms with E-state index in [1.54, 1.807) is 12.5 Å². The van der Waals surface area contributed by atoms with Gasteiger partial charge in [0.2, 0.25) is 11.8 Å². The van der Waals surface area contributed by atoms with Gasteiger partial charge in [0.1, 0.15) is 6.54 Å². The molecule has 0 aliphatic heterocycles. The molecule has 0 aliphatic carbocycles. The van der Waals surface area contributed by atoms with Crippen LogP contribution in [0.5, 0.6) is 0 Å². The Labute approximate surface area is 109 Å². The third-order valence-corrected chi connectivity index (χ3v) is 2.29. The number of carbonyl (C=O) groups excluding carboxylic acids is 2. The van der Waals surface area contributed by atoms with Crippen molar-refractivity contribution in [3.05, 3.63) is 18.2 Å². The average Bonchev–Trinajstić information content (AvgIpc) is 2.87. The number of hydrogen-bond acceptors (Lipinski definition) is 4. The summed E-state index contributed by atoms with van der Waals surface area (Å²) in [6, 6.07) is 0. The van der Waals surface area contributed by atoms with E-state index in [2.05, 4.69) is 20.6 Å². The summed E-state index contributed by atoms with van der Waals surface area (Å²) in [4.78, 5) is 39.5. The van der Waals surface area contributed by atoms with E-state index in [1.165, 1.54) is 0 Å². The van der Waals surface area contributed by atoms with Crippen LogP contribution >= 0.6 is 0 Å². The van der Waals surface area contributed by atoms with Gasteiger partial charge >= 0.3 is 5.97 Å². The van der Waals surface area contributed by atoms with Gasteiger partial charge in [0.05, 0.1) is 6.33 Å². The number of aliphatic carboxylic acids is 1. The van der Waals surface area contributed by atoms with Gasteiger partial charge in [-0.1, -0.05) is 0 Å². The molecule has 0 aromatic carbocycles. The molecule has 0 bridgehead atoms. The molecule has 19 heavy (non-hydrogen) atoms. The molecule has 2 amide bonds. The number of imidazole rings is 1. The molecular weight excluding hydrogens is 252 g/mol. The number of amides is 2. The SMILES string of the molecule is O=C(O)CNC(=O)CCC(=O)NCCc1cnc[nH]1. The second kappa shape index (κ2) is 7.85. The van der Waals surface area contributed by atoms with Crippen LogP contribution < -0.4 is 10.6 Å². The van der Waals surface area contributed by atoms with Crippen LogP contribution in [0, 0.1) is 0 Å². The van der Waals surface area contributed by atoms with E-state index in [0.29, 0.717) is 13.0 Å². The molecular formula is C11H16N4O4. The molecule has 0 unspecified atom stereocenters. The number of aromatic amines is 1. The van der Waals surface area contributed by atoms with Crippen LogP contribution in [0.1, 0.15) is 18.5 Å². The topological polar surface area (TPSA) is 124 Å².